The molecule has 0 saturated heterocycles. The number of carbonyl (C=O) groups is 3. The van der Waals surface area contributed by atoms with Crippen LogP contribution in [0.25, 0.3) is 0 Å². The van der Waals surface area contributed by atoms with E-state index < -0.39 is 5.97 Å². The van der Waals surface area contributed by atoms with Gasteiger partial charge >= 0.3 is 5.97 Å². The zero-order chi connectivity index (χ0) is 10.3. The van der Waals surface area contributed by atoms with Crippen molar-refractivity contribution in [2.45, 2.75) is 33.1 Å². The summed E-state index contributed by atoms with van der Waals surface area (Å²) in [7, 11) is 0. The predicted octanol–water partition coefficient (Wildman–Crippen LogP) is 0.878. The van der Waals surface area contributed by atoms with Gasteiger partial charge in [0.15, 0.2) is 5.78 Å². The average molecular weight is 186 g/mol. The topological polar surface area (TPSA) is 60.4 Å². The smallest absolute Gasteiger partial charge is 0.303 e. The molecule has 13 heavy (non-hydrogen) atoms. The highest BCUT2D eigenvalue weighted by molar-refractivity contribution is 5.87. The lowest BCUT2D eigenvalue weighted by Crippen LogP contribution is -2.12. The normalized spacial score (nSPS) is 9.38. The molecule has 4 nitrogen and oxygen atoms in total. The van der Waals surface area contributed by atoms with Crippen LogP contribution >= 0.6 is 0 Å². The van der Waals surface area contributed by atoms with Gasteiger partial charge in [-0.1, -0.05) is 6.92 Å². The zero-order valence-electron chi connectivity index (χ0n) is 7.96. The molecule has 0 aliphatic heterocycles. The van der Waals surface area contributed by atoms with Crippen LogP contribution in [-0.4, -0.2) is 24.1 Å². The number of Topliss-reactive ketones (excluding diaryl/α,β-unsaturated/α-hetero) is 2. The Morgan fingerprint density at radius 2 is 1.62 bits per heavy atom. The Labute approximate surface area is 77.3 Å². The second kappa shape index (κ2) is 6.34. The monoisotopic (exact) mass is 186 g/mol. The van der Waals surface area contributed by atoms with Crippen molar-refractivity contribution in [3.8, 4) is 0 Å². The van der Waals surface area contributed by atoms with Crippen molar-refractivity contribution in [2.75, 3.05) is 6.61 Å². The summed E-state index contributed by atoms with van der Waals surface area (Å²) in [4.78, 5) is 32.0. The number of hydrogen-bond donors (Lipinski definition) is 0. The first-order chi connectivity index (χ1) is 6.06. The van der Waals surface area contributed by atoms with Crippen LogP contribution in [0.5, 0.6) is 0 Å². The molecule has 0 aromatic rings. The minimum Gasteiger partial charge on any atom is -0.458 e. The van der Waals surface area contributed by atoms with Crippen LogP contribution in [0.3, 0.4) is 0 Å². The number of rotatable bonds is 6. The molecule has 0 rings (SSSR count). The molecule has 0 radical (unpaired) electrons. The van der Waals surface area contributed by atoms with Crippen LogP contribution in [0.1, 0.15) is 33.1 Å². The van der Waals surface area contributed by atoms with Crippen LogP contribution in [0, 0.1) is 0 Å². The number of hydrogen-bond acceptors (Lipinski definition) is 4. The highest BCUT2D eigenvalue weighted by atomic mass is 16.5. The van der Waals surface area contributed by atoms with Crippen LogP contribution in [0.4, 0.5) is 0 Å². The lowest BCUT2D eigenvalue weighted by atomic mass is 10.1. The number of ether oxygens (including phenoxy) is 1. The maximum absolute atomic E-state index is 10.9. The first-order valence-corrected chi connectivity index (χ1v) is 4.23. The summed E-state index contributed by atoms with van der Waals surface area (Å²) < 4.78 is 4.47. The molecule has 0 aromatic heterocycles. The van der Waals surface area contributed by atoms with Gasteiger partial charge in [0.2, 0.25) is 0 Å². The molecule has 0 bridgehead atoms. The number of esters is 1. The summed E-state index contributed by atoms with van der Waals surface area (Å²) in [6.07, 6.45) is 0.859. The highest BCUT2D eigenvalue weighted by Gasteiger charge is 2.06. The van der Waals surface area contributed by atoms with E-state index in [4.69, 9.17) is 0 Å². The number of ketones is 2. The van der Waals surface area contributed by atoms with Crippen molar-refractivity contribution in [1.29, 1.82) is 0 Å². The highest BCUT2D eigenvalue weighted by Crippen LogP contribution is 1.96. The molecule has 74 valence electrons. The van der Waals surface area contributed by atoms with Crippen molar-refractivity contribution in [3.63, 3.8) is 0 Å². The van der Waals surface area contributed by atoms with Gasteiger partial charge in [0.25, 0.3) is 0 Å². The zero-order valence-corrected chi connectivity index (χ0v) is 7.96. The van der Waals surface area contributed by atoms with Crippen molar-refractivity contribution < 1.29 is 19.1 Å². The Hall–Kier alpha value is -1.19. The van der Waals surface area contributed by atoms with Gasteiger partial charge in [-0.2, -0.15) is 0 Å². The van der Waals surface area contributed by atoms with Crippen molar-refractivity contribution in [3.05, 3.63) is 0 Å². The quantitative estimate of drug-likeness (QED) is 0.578. The fourth-order valence-electron chi connectivity index (χ4n) is 0.710. The third-order valence-corrected chi connectivity index (χ3v) is 1.51. The van der Waals surface area contributed by atoms with Crippen LogP contribution < -0.4 is 0 Å². The second-order valence-electron chi connectivity index (χ2n) is 2.71. The van der Waals surface area contributed by atoms with Crippen molar-refractivity contribution in [1.82, 2.24) is 0 Å². The van der Waals surface area contributed by atoms with E-state index in [-0.39, 0.29) is 31.0 Å². The molecule has 0 aliphatic rings. The molecule has 0 atom stereocenters. The summed E-state index contributed by atoms with van der Waals surface area (Å²) in [5.74, 6) is -0.636. The van der Waals surface area contributed by atoms with Gasteiger partial charge in [0.1, 0.15) is 12.4 Å². The summed E-state index contributed by atoms with van der Waals surface area (Å²) >= 11 is 0. The van der Waals surface area contributed by atoms with E-state index in [1.165, 1.54) is 6.92 Å². The third kappa shape index (κ3) is 7.18. The Kier molecular flexibility index (Phi) is 5.76. The molecule has 4 heteroatoms. The van der Waals surface area contributed by atoms with Gasteiger partial charge < -0.3 is 4.74 Å². The number of carbonyl (C=O) groups excluding carboxylic acids is 3. The molecule has 0 heterocycles. The first kappa shape index (κ1) is 11.8. The lowest BCUT2D eigenvalue weighted by molar-refractivity contribution is -0.145. The fraction of sp³-hybridized carbons (Fsp3) is 0.667. The van der Waals surface area contributed by atoms with E-state index in [1.807, 2.05) is 0 Å². The van der Waals surface area contributed by atoms with Crippen LogP contribution in [0.2, 0.25) is 0 Å². The van der Waals surface area contributed by atoms with E-state index in [9.17, 15) is 14.4 Å². The fourth-order valence-corrected chi connectivity index (χ4v) is 0.710. The molecule has 0 fully saturated rings. The van der Waals surface area contributed by atoms with Crippen molar-refractivity contribution in [2.24, 2.45) is 0 Å². The van der Waals surface area contributed by atoms with Crippen LogP contribution in [0.15, 0.2) is 0 Å². The summed E-state index contributed by atoms with van der Waals surface area (Å²) in [6.45, 7) is 2.77. The molecule has 0 aromatic carbocycles. The average Bonchev–Trinajstić information content (AvgIpc) is 2.10. The molecule has 0 amide bonds. The predicted molar refractivity (Wildman–Crippen MR) is 46.2 cm³/mol. The van der Waals surface area contributed by atoms with E-state index in [0.717, 1.165) is 0 Å². The molecule has 0 unspecified atom stereocenters. The Bertz CT molecular complexity index is 208. The van der Waals surface area contributed by atoms with Gasteiger partial charge in [-0.25, -0.2) is 0 Å². The minimum atomic E-state index is -0.477. The maximum Gasteiger partial charge on any atom is 0.303 e. The second-order valence-corrected chi connectivity index (χ2v) is 2.71. The summed E-state index contributed by atoms with van der Waals surface area (Å²) in [5.41, 5.74) is 0. The standard InChI is InChI=1S/C9H14O4/c1-3-8(11)4-5-9(12)6-13-7(2)10/h3-6H2,1-2H3. The Morgan fingerprint density at radius 3 is 2.08 bits per heavy atom. The minimum absolute atomic E-state index is 0.0520. The van der Waals surface area contributed by atoms with E-state index >= 15 is 0 Å². The van der Waals surface area contributed by atoms with Gasteiger partial charge in [-0.3, -0.25) is 14.4 Å². The maximum atomic E-state index is 10.9. The molecule has 0 N–H and O–H groups in total. The van der Waals surface area contributed by atoms with Crippen molar-refractivity contribution >= 4 is 17.5 Å². The molecule has 0 saturated carbocycles. The van der Waals surface area contributed by atoms with Gasteiger partial charge in [-0.05, 0) is 0 Å². The van der Waals surface area contributed by atoms with Gasteiger partial charge in [0.05, 0.1) is 0 Å². The van der Waals surface area contributed by atoms with E-state index in [2.05, 4.69) is 4.74 Å². The van der Waals surface area contributed by atoms with Gasteiger partial charge in [0, 0.05) is 26.2 Å². The third-order valence-electron chi connectivity index (χ3n) is 1.51. The Morgan fingerprint density at radius 1 is 1.08 bits per heavy atom. The molecular weight excluding hydrogens is 172 g/mol. The lowest BCUT2D eigenvalue weighted by Gasteiger charge is -1.99. The first-order valence-electron chi connectivity index (χ1n) is 4.23. The summed E-state index contributed by atoms with van der Waals surface area (Å²) in [5, 5.41) is 0. The van der Waals surface area contributed by atoms with E-state index in [0.29, 0.717) is 6.42 Å². The molecular formula is C9H14O4. The summed E-state index contributed by atoms with van der Waals surface area (Å²) in [6, 6.07) is 0. The SMILES string of the molecule is CCC(=O)CCC(=O)COC(C)=O. The van der Waals surface area contributed by atoms with E-state index in [1.54, 1.807) is 6.92 Å². The molecule has 0 aliphatic carbocycles. The Balaban J connectivity index is 3.52. The van der Waals surface area contributed by atoms with Gasteiger partial charge in [-0.15, -0.1) is 0 Å². The molecule has 0 spiro atoms. The largest absolute Gasteiger partial charge is 0.458 e. The van der Waals surface area contributed by atoms with Crippen LogP contribution in [-0.2, 0) is 19.1 Å².